The van der Waals surface area contributed by atoms with E-state index >= 15 is 0 Å². The number of likely N-dealkylation sites (tertiary alicyclic amines) is 1. The van der Waals surface area contributed by atoms with Crippen LogP contribution in [0.3, 0.4) is 0 Å². The molecule has 2 aliphatic heterocycles. The third kappa shape index (κ3) is 3.41. The molecule has 7 heteroatoms. The van der Waals surface area contributed by atoms with Gasteiger partial charge in [0.15, 0.2) is 9.84 Å². The number of imidazole rings is 1. The fraction of sp³-hybridized carbons (Fsp3) is 0.421. The summed E-state index contributed by atoms with van der Waals surface area (Å²) in [6.07, 6.45) is 7.78. The van der Waals surface area contributed by atoms with Gasteiger partial charge in [0.2, 0.25) is 0 Å². The Balaban J connectivity index is 1.66. The number of hydrogen-bond acceptors (Lipinski definition) is 5. The van der Waals surface area contributed by atoms with Crippen molar-refractivity contribution < 1.29 is 13.2 Å². The normalized spacial score (nSPS) is 22.1. The number of nitrogens with zero attached hydrogens (tertiary/aromatic N) is 3. The molecule has 1 aromatic heterocycles. The molecule has 0 amide bonds. The van der Waals surface area contributed by atoms with E-state index in [1.165, 1.54) is 18.2 Å². The van der Waals surface area contributed by atoms with Crippen molar-refractivity contribution in [2.24, 2.45) is 0 Å². The zero-order chi connectivity index (χ0) is 18.1. The van der Waals surface area contributed by atoms with Gasteiger partial charge in [-0.25, -0.2) is 13.4 Å². The highest BCUT2D eigenvalue weighted by atomic mass is 32.2. The Morgan fingerprint density at radius 3 is 2.77 bits per heavy atom. The van der Waals surface area contributed by atoms with Crippen molar-refractivity contribution in [3.63, 3.8) is 0 Å². The highest BCUT2D eigenvalue weighted by molar-refractivity contribution is 7.94. The lowest BCUT2D eigenvalue weighted by Crippen LogP contribution is -2.19. The Kier molecular flexibility index (Phi) is 4.58. The second-order valence-electron chi connectivity index (χ2n) is 6.89. The minimum absolute atomic E-state index is 0.0904. The number of benzene rings is 1. The molecule has 138 valence electrons. The summed E-state index contributed by atoms with van der Waals surface area (Å²) in [5.74, 6) is 1.75. The molecule has 0 saturated carbocycles. The molecule has 1 saturated heterocycles. The molecule has 0 unspecified atom stereocenters. The van der Waals surface area contributed by atoms with Crippen LogP contribution in [0.5, 0.6) is 5.75 Å². The van der Waals surface area contributed by atoms with Gasteiger partial charge < -0.3 is 9.30 Å². The lowest BCUT2D eigenvalue weighted by molar-refractivity contribution is 0.321. The molecule has 6 nitrogen and oxygen atoms in total. The topological polar surface area (TPSA) is 64.4 Å². The molecule has 0 bridgehead atoms. The van der Waals surface area contributed by atoms with Crippen LogP contribution < -0.4 is 4.74 Å². The quantitative estimate of drug-likeness (QED) is 0.806. The summed E-state index contributed by atoms with van der Waals surface area (Å²) in [4.78, 5) is 6.92. The number of hydrogen-bond donors (Lipinski definition) is 0. The van der Waals surface area contributed by atoms with Crippen LogP contribution in [0.15, 0.2) is 42.1 Å². The smallest absolute Gasteiger partial charge is 0.173 e. The lowest BCUT2D eigenvalue weighted by Gasteiger charge is -2.18. The fourth-order valence-corrected chi connectivity index (χ4v) is 5.04. The molecule has 2 aliphatic rings. The minimum Gasteiger partial charge on any atom is -0.496 e. The second kappa shape index (κ2) is 6.89. The number of ether oxygens (including phenoxy) is 1. The number of allylic oxidation sites excluding steroid dienone is 1. The van der Waals surface area contributed by atoms with Crippen LogP contribution in [0.25, 0.3) is 11.4 Å². The van der Waals surface area contributed by atoms with Crippen molar-refractivity contribution in [2.45, 2.75) is 25.4 Å². The summed E-state index contributed by atoms with van der Waals surface area (Å²) in [5.41, 5.74) is 2.11. The summed E-state index contributed by atoms with van der Waals surface area (Å²) in [7, 11) is -1.42. The average Bonchev–Trinajstić information content (AvgIpc) is 3.35. The van der Waals surface area contributed by atoms with Crippen LogP contribution in [0, 0.1) is 0 Å². The SMILES string of the molecule is COc1ccc(-c2nccn2[C@H]2C=CS(=O)(=O)C2)cc1CN1CCCC1. The molecular weight excluding hydrogens is 350 g/mol. The fourth-order valence-electron chi connectivity index (χ4n) is 3.76. The summed E-state index contributed by atoms with van der Waals surface area (Å²) < 4.78 is 31.0. The van der Waals surface area contributed by atoms with Gasteiger partial charge in [0.25, 0.3) is 0 Å². The van der Waals surface area contributed by atoms with Gasteiger partial charge in [-0.05, 0) is 50.2 Å². The first-order valence-corrected chi connectivity index (χ1v) is 10.6. The van der Waals surface area contributed by atoms with Gasteiger partial charge in [0, 0.05) is 35.5 Å². The summed E-state index contributed by atoms with van der Waals surface area (Å²) in [6.45, 7) is 3.09. The van der Waals surface area contributed by atoms with Crippen LogP contribution in [0.1, 0.15) is 24.4 Å². The van der Waals surface area contributed by atoms with E-state index in [1.54, 1.807) is 19.4 Å². The van der Waals surface area contributed by atoms with Gasteiger partial charge in [-0.3, -0.25) is 4.90 Å². The third-order valence-electron chi connectivity index (χ3n) is 5.07. The maximum atomic E-state index is 11.8. The van der Waals surface area contributed by atoms with Gasteiger partial charge in [-0.1, -0.05) is 0 Å². The number of rotatable bonds is 5. The van der Waals surface area contributed by atoms with Gasteiger partial charge in [-0.2, -0.15) is 0 Å². The van der Waals surface area contributed by atoms with Gasteiger partial charge in [-0.15, -0.1) is 0 Å². The maximum absolute atomic E-state index is 11.8. The zero-order valence-corrected chi connectivity index (χ0v) is 15.7. The van der Waals surface area contributed by atoms with Crippen LogP contribution >= 0.6 is 0 Å². The van der Waals surface area contributed by atoms with E-state index in [0.717, 1.165) is 42.3 Å². The summed E-state index contributed by atoms with van der Waals surface area (Å²) in [6, 6.07) is 5.87. The van der Waals surface area contributed by atoms with Crippen molar-refractivity contribution in [1.29, 1.82) is 0 Å². The molecule has 0 radical (unpaired) electrons. The first kappa shape index (κ1) is 17.3. The molecule has 0 N–H and O–H groups in total. The monoisotopic (exact) mass is 373 g/mol. The molecule has 4 rings (SSSR count). The first-order valence-electron chi connectivity index (χ1n) is 8.89. The Morgan fingerprint density at radius 1 is 1.27 bits per heavy atom. The Hall–Kier alpha value is -2.12. The van der Waals surface area contributed by atoms with Crippen LogP contribution in [-0.4, -0.2) is 48.8 Å². The number of methoxy groups -OCH3 is 1. The second-order valence-corrected chi connectivity index (χ2v) is 8.82. The van der Waals surface area contributed by atoms with Crippen LogP contribution in [0.4, 0.5) is 0 Å². The largest absolute Gasteiger partial charge is 0.496 e. The highest BCUT2D eigenvalue weighted by Gasteiger charge is 2.25. The standard InChI is InChI=1S/C19H23N3O3S/c1-25-18-5-4-15(12-16(18)13-21-8-2-3-9-21)19-20-7-10-22(19)17-6-11-26(23,24)14-17/h4-7,10-12,17H,2-3,8-9,13-14H2,1H3/t17-/m0/s1. The molecule has 0 aliphatic carbocycles. The maximum Gasteiger partial charge on any atom is 0.173 e. The average molecular weight is 373 g/mol. The molecule has 1 atom stereocenters. The highest BCUT2D eigenvalue weighted by Crippen LogP contribution is 2.31. The van der Waals surface area contributed by atoms with Gasteiger partial charge in [0.1, 0.15) is 11.6 Å². The van der Waals surface area contributed by atoms with Gasteiger partial charge >= 0.3 is 0 Å². The number of sulfone groups is 1. The Bertz CT molecular complexity index is 927. The van der Waals surface area contributed by atoms with E-state index in [0.29, 0.717) is 0 Å². The van der Waals surface area contributed by atoms with Crippen LogP contribution in [0.2, 0.25) is 0 Å². The molecular formula is C19H23N3O3S. The van der Waals surface area contributed by atoms with Crippen molar-refractivity contribution >= 4 is 9.84 Å². The summed E-state index contributed by atoms with van der Waals surface area (Å²) >= 11 is 0. The van der Waals surface area contributed by atoms with E-state index in [4.69, 9.17) is 4.74 Å². The van der Waals surface area contributed by atoms with Crippen LogP contribution in [-0.2, 0) is 16.4 Å². The van der Waals surface area contributed by atoms with Crippen molar-refractivity contribution in [3.05, 3.63) is 47.6 Å². The summed E-state index contributed by atoms with van der Waals surface area (Å²) in [5, 5.41) is 1.30. The third-order valence-corrected chi connectivity index (χ3v) is 6.45. The van der Waals surface area contributed by atoms with E-state index in [1.807, 2.05) is 22.9 Å². The first-order chi connectivity index (χ1) is 12.6. The van der Waals surface area contributed by atoms with Gasteiger partial charge in [0.05, 0.1) is 18.9 Å². The van der Waals surface area contributed by atoms with E-state index in [9.17, 15) is 8.42 Å². The zero-order valence-electron chi connectivity index (χ0n) is 14.8. The van der Waals surface area contributed by atoms with E-state index in [-0.39, 0.29) is 11.8 Å². The van der Waals surface area contributed by atoms with Crippen molar-refractivity contribution in [3.8, 4) is 17.1 Å². The molecule has 2 aromatic rings. The molecule has 3 heterocycles. The van der Waals surface area contributed by atoms with E-state index < -0.39 is 9.84 Å². The molecule has 0 spiro atoms. The van der Waals surface area contributed by atoms with Crippen molar-refractivity contribution in [2.75, 3.05) is 26.0 Å². The Morgan fingerprint density at radius 2 is 2.08 bits per heavy atom. The number of aromatic nitrogens is 2. The molecule has 1 fully saturated rings. The van der Waals surface area contributed by atoms with Crippen molar-refractivity contribution in [1.82, 2.24) is 14.5 Å². The predicted octanol–water partition coefficient (Wildman–Crippen LogP) is 2.64. The Labute approximate surface area is 154 Å². The molecule has 1 aromatic carbocycles. The predicted molar refractivity (Wildman–Crippen MR) is 101 cm³/mol. The molecule has 26 heavy (non-hydrogen) atoms. The van der Waals surface area contributed by atoms with E-state index in [2.05, 4.69) is 16.0 Å². The minimum atomic E-state index is -3.11. The lowest BCUT2D eigenvalue weighted by atomic mass is 10.1.